The summed E-state index contributed by atoms with van der Waals surface area (Å²) in [5.74, 6) is 0.0634. The van der Waals surface area contributed by atoms with Crippen molar-refractivity contribution in [1.82, 2.24) is 10.2 Å². The molecule has 0 radical (unpaired) electrons. The number of amides is 2. The molecule has 0 atom stereocenters. The molecule has 188 valence electrons. The Morgan fingerprint density at radius 3 is 2.78 bits per heavy atom. The number of nitriles is 1. The predicted octanol–water partition coefficient (Wildman–Crippen LogP) is 3.59. The number of para-hydroxylation sites is 1. The second kappa shape index (κ2) is 10.6. The summed E-state index contributed by atoms with van der Waals surface area (Å²) in [6, 6.07) is 11.4. The molecule has 2 amide bonds. The maximum Gasteiger partial charge on any atom is 0.442 e. The van der Waals surface area contributed by atoms with Gasteiger partial charge in [-0.15, -0.1) is 11.3 Å². The summed E-state index contributed by atoms with van der Waals surface area (Å²) in [6.45, 7) is 6.22. The van der Waals surface area contributed by atoms with Crippen LogP contribution < -0.4 is 15.6 Å². The molecule has 2 aromatic heterocycles. The zero-order valence-electron chi connectivity index (χ0n) is 20.1. The van der Waals surface area contributed by atoms with Crippen molar-refractivity contribution in [2.45, 2.75) is 50.8 Å². The molecule has 10 nitrogen and oxygen atoms in total. The smallest absolute Gasteiger partial charge is 0.442 e. The number of hydrogen-bond acceptors (Lipinski definition) is 8. The molecule has 36 heavy (non-hydrogen) atoms. The van der Waals surface area contributed by atoms with Crippen LogP contribution in [-0.4, -0.2) is 40.1 Å². The first-order valence-electron chi connectivity index (χ1n) is 11.3. The van der Waals surface area contributed by atoms with Gasteiger partial charge in [0.2, 0.25) is 11.6 Å². The van der Waals surface area contributed by atoms with Gasteiger partial charge in [-0.3, -0.25) is 9.32 Å². The number of fused-ring (bicyclic) bond motifs is 1. The third-order valence-corrected chi connectivity index (χ3v) is 7.43. The van der Waals surface area contributed by atoms with E-state index in [-0.39, 0.29) is 12.3 Å². The van der Waals surface area contributed by atoms with E-state index < -0.39 is 17.3 Å². The Balaban J connectivity index is 1.38. The molecule has 0 aliphatic carbocycles. The number of carbonyl (C=O) groups excluding carboxylic acids is 2. The van der Waals surface area contributed by atoms with E-state index in [2.05, 4.69) is 16.7 Å². The van der Waals surface area contributed by atoms with E-state index in [1.165, 1.54) is 27.8 Å². The minimum Gasteiger partial charge on any atom is -0.444 e. The molecule has 12 heteroatoms. The molecular formula is C24H26N5O5S2+. The van der Waals surface area contributed by atoms with Gasteiger partial charge in [0.05, 0.1) is 12.1 Å². The van der Waals surface area contributed by atoms with Crippen LogP contribution in [0.25, 0.3) is 5.69 Å². The first-order chi connectivity index (χ1) is 17.2. The van der Waals surface area contributed by atoms with Crippen molar-refractivity contribution in [3.05, 3.63) is 56.8 Å². The number of benzene rings is 1. The highest BCUT2D eigenvalue weighted by molar-refractivity contribution is 7.99. The lowest BCUT2D eigenvalue weighted by Gasteiger charge is -2.29. The van der Waals surface area contributed by atoms with Gasteiger partial charge in [0.15, 0.2) is 0 Å². The normalized spacial score (nSPS) is 13.1. The minimum atomic E-state index is -0.594. The van der Waals surface area contributed by atoms with Gasteiger partial charge in [0.25, 0.3) is 0 Å². The predicted molar refractivity (Wildman–Crippen MR) is 134 cm³/mol. The van der Waals surface area contributed by atoms with Crippen molar-refractivity contribution in [1.29, 1.82) is 5.26 Å². The molecule has 0 saturated carbocycles. The third kappa shape index (κ3) is 5.80. The molecule has 0 bridgehead atoms. The topological polar surface area (TPSA) is 132 Å². The van der Waals surface area contributed by atoms with Gasteiger partial charge < -0.3 is 15.0 Å². The van der Waals surface area contributed by atoms with Gasteiger partial charge in [0, 0.05) is 35.7 Å². The zero-order valence-corrected chi connectivity index (χ0v) is 21.8. The van der Waals surface area contributed by atoms with Crippen LogP contribution in [0.2, 0.25) is 0 Å². The molecule has 2 N–H and O–H groups in total. The van der Waals surface area contributed by atoms with E-state index in [1.807, 2.05) is 51.1 Å². The highest BCUT2D eigenvalue weighted by Gasteiger charge is 2.30. The summed E-state index contributed by atoms with van der Waals surface area (Å²) in [7, 11) is 0. The summed E-state index contributed by atoms with van der Waals surface area (Å²) in [5.41, 5.74) is 0.924. The molecule has 3 aromatic rings. The van der Waals surface area contributed by atoms with E-state index in [1.54, 1.807) is 4.90 Å². The molecule has 4 rings (SSSR count). The number of rotatable bonds is 6. The summed E-state index contributed by atoms with van der Waals surface area (Å²) in [5, 5.41) is 15.9. The fraction of sp³-hybridized carbons (Fsp3) is 0.375. The van der Waals surface area contributed by atoms with E-state index >= 15 is 0 Å². The van der Waals surface area contributed by atoms with Gasteiger partial charge in [0.1, 0.15) is 16.7 Å². The van der Waals surface area contributed by atoms with Crippen molar-refractivity contribution in [3.8, 4) is 11.8 Å². The summed E-state index contributed by atoms with van der Waals surface area (Å²) >= 11 is 2.51. The SMILES string of the molecule is CC(C)(C)OC(=O)N1CCc2c(sc(NC(=O)CCSc3c(=O)o[nH][n+]3-c3ccccc3)c2C#N)C1. The Bertz CT molecular complexity index is 1360. The molecule has 0 unspecified atom stereocenters. The Morgan fingerprint density at radius 2 is 2.08 bits per heavy atom. The van der Waals surface area contributed by atoms with Gasteiger partial charge in [-0.2, -0.15) is 5.26 Å². The van der Waals surface area contributed by atoms with Crippen LogP contribution in [0.4, 0.5) is 9.80 Å². The Morgan fingerprint density at radius 1 is 1.33 bits per heavy atom. The van der Waals surface area contributed by atoms with Crippen LogP contribution in [0.5, 0.6) is 0 Å². The average molecular weight is 529 g/mol. The maximum atomic E-state index is 12.7. The fourth-order valence-corrected chi connectivity index (χ4v) is 5.80. The number of thiophene rings is 1. The molecule has 1 aromatic carbocycles. The van der Waals surface area contributed by atoms with Crippen LogP contribution in [0.1, 0.15) is 43.2 Å². The summed E-state index contributed by atoms with van der Waals surface area (Å²) in [6.07, 6.45) is 0.244. The van der Waals surface area contributed by atoms with Crippen LogP contribution in [0, 0.1) is 11.3 Å². The maximum absolute atomic E-state index is 12.7. The molecule has 3 heterocycles. The number of nitrogens with zero attached hydrogens (tertiary/aromatic N) is 3. The van der Waals surface area contributed by atoms with Gasteiger partial charge in [-0.1, -0.05) is 18.2 Å². The van der Waals surface area contributed by atoms with Crippen molar-refractivity contribution in [2.75, 3.05) is 17.6 Å². The number of aromatic amines is 1. The standard InChI is InChI=1S/C24H25N5O5S2/c1-24(2,3)33-23(32)28-11-9-16-17(13-25)20(36-18(16)14-28)26-19(30)10-12-35-21-22(31)34-27-29(21)15-7-5-4-6-8-15/h4-8H,9-12,14H2,1-3H3,(H-,26,27,30,31)/p+1. The van der Waals surface area contributed by atoms with Crippen molar-refractivity contribution < 1.29 is 23.5 Å². The van der Waals surface area contributed by atoms with Gasteiger partial charge in [-0.05, 0) is 54.5 Å². The average Bonchev–Trinajstić information content (AvgIpc) is 3.37. The highest BCUT2D eigenvalue weighted by atomic mass is 32.2. The quantitative estimate of drug-likeness (QED) is 0.369. The fourth-order valence-electron chi connectivity index (χ4n) is 3.66. The first kappa shape index (κ1) is 25.5. The molecule has 1 aliphatic rings. The second-order valence-electron chi connectivity index (χ2n) is 9.08. The Kier molecular flexibility index (Phi) is 7.51. The molecular weight excluding hydrogens is 502 g/mol. The van der Waals surface area contributed by atoms with Crippen molar-refractivity contribution >= 4 is 40.1 Å². The number of thioether (sulfide) groups is 1. The number of hydrogen-bond donors (Lipinski definition) is 2. The molecule has 1 aliphatic heterocycles. The number of H-pyrrole nitrogens is 1. The minimum absolute atomic E-state index is 0.127. The second-order valence-corrected chi connectivity index (χ2v) is 11.3. The highest BCUT2D eigenvalue weighted by Crippen LogP contribution is 2.37. The van der Waals surface area contributed by atoms with Crippen LogP contribution in [0.3, 0.4) is 0 Å². The zero-order chi connectivity index (χ0) is 25.9. The summed E-state index contributed by atoms with van der Waals surface area (Å²) in [4.78, 5) is 39.7. The van der Waals surface area contributed by atoms with Gasteiger partial charge >= 0.3 is 16.7 Å². The van der Waals surface area contributed by atoms with Crippen LogP contribution >= 0.6 is 23.1 Å². The number of nitrogens with one attached hydrogen (secondary N) is 2. The third-order valence-electron chi connectivity index (χ3n) is 5.26. The molecule has 0 spiro atoms. The van der Waals surface area contributed by atoms with Crippen molar-refractivity contribution in [3.63, 3.8) is 0 Å². The molecule has 0 saturated heterocycles. The van der Waals surface area contributed by atoms with E-state index in [0.717, 1.165) is 16.1 Å². The Hall–Kier alpha value is -3.56. The summed E-state index contributed by atoms with van der Waals surface area (Å²) < 4.78 is 11.9. The lowest BCUT2D eigenvalue weighted by molar-refractivity contribution is -0.704. The van der Waals surface area contributed by atoms with Crippen molar-refractivity contribution in [2.24, 2.45) is 0 Å². The molecule has 0 fully saturated rings. The monoisotopic (exact) mass is 528 g/mol. The number of ether oxygens (including phenoxy) is 1. The van der Waals surface area contributed by atoms with E-state index in [0.29, 0.717) is 40.9 Å². The lowest BCUT2D eigenvalue weighted by Crippen LogP contribution is -2.39. The number of carbonyl (C=O) groups is 2. The van der Waals surface area contributed by atoms with Crippen LogP contribution in [0.15, 0.2) is 44.7 Å². The first-order valence-corrected chi connectivity index (χ1v) is 13.1. The lowest BCUT2D eigenvalue weighted by atomic mass is 10.0. The largest absolute Gasteiger partial charge is 0.444 e. The Labute approximate surface area is 215 Å². The van der Waals surface area contributed by atoms with Gasteiger partial charge in [-0.25, -0.2) is 9.59 Å². The number of aromatic nitrogens is 2. The van der Waals surface area contributed by atoms with E-state index in [4.69, 9.17) is 9.26 Å². The number of anilines is 1. The van der Waals surface area contributed by atoms with Crippen LogP contribution in [-0.2, 0) is 22.5 Å². The van der Waals surface area contributed by atoms with E-state index in [9.17, 15) is 19.6 Å².